The fourth-order valence-electron chi connectivity index (χ4n) is 5.97. The van der Waals surface area contributed by atoms with Crippen LogP contribution in [0.5, 0.6) is 0 Å². The quantitative estimate of drug-likeness (QED) is 0.178. The lowest BCUT2D eigenvalue weighted by molar-refractivity contribution is -0.154. The minimum Gasteiger partial charge on any atom is -0.445 e. The second-order valence-corrected chi connectivity index (χ2v) is 17.2. The van der Waals surface area contributed by atoms with Crippen LogP contribution in [0.1, 0.15) is 58.4 Å². The molecule has 7 nitrogen and oxygen atoms in total. The molecule has 1 saturated carbocycles. The van der Waals surface area contributed by atoms with E-state index in [4.69, 9.17) is 13.9 Å². The van der Waals surface area contributed by atoms with Crippen LogP contribution in [-0.2, 0) is 30.1 Å². The smallest absolute Gasteiger partial charge is 0.407 e. The number of esters is 2. The zero-order valence-corrected chi connectivity index (χ0v) is 24.5. The monoisotopic (exact) mass is 541 g/mol. The predicted molar refractivity (Wildman–Crippen MR) is 147 cm³/mol. The zero-order chi connectivity index (χ0) is 27.5. The summed E-state index contributed by atoms with van der Waals surface area (Å²) in [7, 11) is -2.06. The molecule has 5 atom stereocenters. The van der Waals surface area contributed by atoms with Crippen molar-refractivity contribution in [2.24, 2.45) is 29.1 Å². The number of amides is 1. The van der Waals surface area contributed by atoms with Crippen LogP contribution in [0.2, 0.25) is 19.1 Å². The molecule has 2 aliphatic carbocycles. The maximum absolute atomic E-state index is 13.0. The van der Waals surface area contributed by atoms with Gasteiger partial charge in [0.05, 0.1) is 24.5 Å². The van der Waals surface area contributed by atoms with E-state index >= 15 is 0 Å². The number of fused-ring (bicyclic) bond motifs is 3. The maximum atomic E-state index is 13.0. The van der Waals surface area contributed by atoms with Gasteiger partial charge in [-0.25, -0.2) is 4.79 Å². The maximum Gasteiger partial charge on any atom is 0.407 e. The van der Waals surface area contributed by atoms with Gasteiger partial charge in [0.25, 0.3) is 0 Å². The number of rotatable bonds is 9. The molecule has 1 aliphatic heterocycles. The lowest BCUT2D eigenvalue weighted by Crippen LogP contribution is -2.51. The number of carbonyl (C=O) groups excluding carboxylic acids is 3. The molecule has 2 fully saturated rings. The van der Waals surface area contributed by atoms with Crippen molar-refractivity contribution in [3.63, 3.8) is 0 Å². The predicted octanol–water partition coefficient (Wildman–Crippen LogP) is 6.00. The number of allylic oxidation sites excluding steroid dienone is 1. The molecular weight excluding hydrogens is 498 g/mol. The highest BCUT2D eigenvalue weighted by Crippen LogP contribution is 2.49. The van der Waals surface area contributed by atoms with E-state index in [-0.39, 0.29) is 30.5 Å². The van der Waals surface area contributed by atoms with Crippen molar-refractivity contribution in [2.75, 3.05) is 6.61 Å². The Morgan fingerprint density at radius 3 is 2.53 bits per heavy atom. The van der Waals surface area contributed by atoms with Crippen molar-refractivity contribution in [3.8, 4) is 0 Å². The van der Waals surface area contributed by atoms with Crippen LogP contribution in [0.15, 0.2) is 42.0 Å². The molecule has 4 rings (SSSR count). The van der Waals surface area contributed by atoms with Gasteiger partial charge >= 0.3 is 18.0 Å². The van der Waals surface area contributed by atoms with E-state index in [1.807, 2.05) is 30.3 Å². The first-order valence-electron chi connectivity index (χ1n) is 14.0. The lowest BCUT2D eigenvalue weighted by Gasteiger charge is -2.41. The largest absolute Gasteiger partial charge is 0.445 e. The average molecular weight is 542 g/mol. The number of cyclic esters (lactones) is 2. The summed E-state index contributed by atoms with van der Waals surface area (Å²) in [5.74, 6) is -2.35. The van der Waals surface area contributed by atoms with Gasteiger partial charge in [0.2, 0.25) is 0 Å². The molecule has 1 N–H and O–H groups in total. The Bertz CT molecular complexity index is 1050. The van der Waals surface area contributed by atoms with Crippen LogP contribution in [0.4, 0.5) is 4.79 Å². The fraction of sp³-hybridized carbons (Fsp3) is 0.633. The summed E-state index contributed by atoms with van der Waals surface area (Å²) in [6.07, 6.45) is 6.53. The van der Waals surface area contributed by atoms with Gasteiger partial charge in [-0.15, -0.1) is 0 Å². The molecule has 0 radical (unpaired) electrons. The van der Waals surface area contributed by atoms with E-state index in [0.717, 1.165) is 43.7 Å². The van der Waals surface area contributed by atoms with E-state index in [1.165, 1.54) is 5.57 Å². The molecule has 1 heterocycles. The van der Waals surface area contributed by atoms with E-state index in [0.29, 0.717) is 0 Å². The van der Waals surface area contributed by atoms with Crippen molar-refractivity contribution in [1.82, 2.24) is 5.32 Å². The molecule has 0 unspecified atom stereocenters. The number of benzene rings is 1. The second-order valence-electron chi connectivity index (χ2n) is 12.9. The minimum atomic E-state index is -2.06. The number of hydrogen-bond donors (Lipinski definition) is 1. The van der Waals surface area contributed by atoms with E-state index in [1.54, 1.807) is 0 Å². The first kappa shape index (κ1) is 28.6. The molecule has 0 bridgehead atoms. The molecule has 208 valence electrons. The first-order chi connectivity index (χ1) is 17.9. The Labute approximate surface area is 227 Å². The molecule has 0 spiro atoms. The van der Waals surface area contributed by atoms with Crippen molar-refractivity contribution in [1.29, 1.82) is 0 Å². The fourth-order valence-corrected chi connectivity index (χ4v) is 8.09. The summed E-state index contributed by atoms with van der Waals surface area (Å²) in [5.41, 5.74) is 2.31. The molecule has 38 heavy (non-hydrogen) atoms. The molecule has 0 aromatic heterocycles. The zero-order valence-electron chi connectivity index (χ0n) is 23.5. The molecule has 3 aliphatic rings. The van der Waals surface area contributed by atoms with Crippen LogP contribution in [0.3, 0.4) is 0 Å². The van der Waals surface area contributed by atoms with Crippen molar-refractivity contribution in [3.05, 3.63) is 47.5 Å². The lowest BCUT2D eigenvalue weighted by atomic mass is 9.62. The van der Waals surface area contributed by atoms with Crippen LogP contribution >= 0.6 is 0 Å². The third-order valence-electron chi connectivity index (χ3n) is 8.21. The third-order valence-corrected chi connectivity index (χ3v) is 10.6. The molecular formula is C30H43NO6Si. The summed E-state index contributed by atoms with van der Waals surface area (Å²) in [4.78, 5) is 38.8. The molecule has 8 heteroatoms. The summed E-state index contributed by atoms with van der Waals surface area (Å²) in [5, 5.41) is 3.02. The normalized spacial score (nSPS) is 26.1. The van der Waals surface area contributed by atoms with Crippen molar-refractivity contribution >= 4 is 26.3 Å². The van der Waals surface area contributed by atoms with E-state index in [9.17, 15) is 14.4 Å². The van der Waals surface area contributed by atoms with Gasteiger partial charge in [-0.1, -0.05) is 69.2 Å². The Balaban J connectivity index is 1.55. The molecule has 1 saturated heterocycles. The average Bonchev–Trinajstić information content (AvgIpc) is 3.18. The topological polar surface area (TPSA) is 90.9 Å². The van der Waals surface area contributed by atoms with Gasteiger partial charge in [-0.2, -0.15) is 0 Å². The highest BCUT2D eigenvalue weighted by atomic mass is 28.4. The molecule has 1 amide bonds. The van der Waals surface area contributed by atoms with E-state index < -0.39 is 44.2 Å². The number of ether oxygens (including phenoxy) is 2. The Morgan fingerprint density at radius 2 is 1.82 bits per heavy atom. The van der Waals surface area contributed by atoms with Gasteiger partial charge in [0, 0.05) is 5.92 Å². The summed E-state index contributed by atoms with van der Waals surface area (Å²) < 4.78 is 17.3. The third kappa shape index (κ3) is 7.14. The first-order valence-corrected chi connectivity index (χ1v) is 17.1. The van der Waals surface area contributed by atoms with Crippen LogP contribution < -0.4 is 5.32 Å². The van der Waals surface area contributed by atoms with Gasteiger partial charge < -0.3 is 19.2 Å². The van der Waals surface area contributed by atoms with Crippen LogP contribution in [0.25, 0.3) is 0 Å². The minimum absolute atomic E-state index is 0.0492. The van der Waals surface area contributed by atoms with Crippen molar-refractivity contribution in [2.45, 2.75) is 84.7 Å². The summed E-state index contributed by atoms with van der Waals surface area (Å²) in [6, 6.07) is 9.98. The van der Waals surface area contributed by atoms with Crippen LogP contribution in [0, 0.1) is 29.1 Å². The standard InChI is InChI=1S/C30H43NO6Si/c1-30(2,3)15-16-38(4,5)36-19-24(31-29(34)35-18-20-11-7-6-8-12-20)23-17-21-13-9-10-14-22(21)25-26(23)28(33)37-27(25)32/h6-8,11-12,17,22-26H,9-10,13-16,18-19H2,1-5H3,(H,31,34)/t22-,23-,24+,25-,26+/m0/s1. The highest BCUT2D eigenvalue weighted by molar-refractivity contribution is 6.71. The number of nitrogens with one attached hydrogen (secondary N) is 1. The Hall–Kier alpha value is -2.45. The van der Waals surface area contributed by atoms with Crippen molar-refractivity contribution < 1.29 is 28.3 Å². The summed E-state index contributed by atoms with van der Waals surface area (Å²) >= 11 is 0. The van der Waals surface area contributed by atoms with Crippen LogP contribution in [-0.4, -0.2) is 39.0 Å². The SMILES string of the molecule is CC(C)(C)CC[Si](C)(C)OC[C@@H](NC(=O)OCc1ccccc1)[C@@H]1C=C2CCCC[C@@H]2[C@@H]2C(=O)OC(=O)[C@H]12. The van der Waals surface area contributed by atoms with E-state index in [2.05, 4.69) is 45.3 Å². The Kier molecular flexibility index (Phi) is 8.82. The van der Waals surface area contributed by atoms with Gasteiger partial charge in [0.15, 0.2) is 8.32 Å². The summed E-state index contributed by atoms with van der Waals surface area (Å²) in [6.45, 7) is 11.5. The highest BCUT2D eigenvalue weighted by Gasteiger charge is 2.56. The van der Waals surface area contributed by atoms with Gasteiger partial charge in [0.1, 0.15) is 6.61 Å². The number of carbonyl (C=O) groups is 3. The number of hydrogen-bond acceptors (Lipinski definition) is 6. The van der Waals surface area contributed by atoms with Gasteiger partial charge in [-0.3, -0.25) is 9.59 Å². The second kappa shape index (κ2) is 11.7. The number of alkyl carbamates (subject to hydrolysis) is 1. The van der Waals surface area contributed by atoms with Gasteiger partial charge in [-0.05, 0) is 61.7 Å². The Morgan fingerprint density at radius 1 is 1.11 bits per heavy atom. The molecule has 1 aromatic carbocycles. The molecule has 1 aromatic rings.